The summed E-state index contributed by atoms with van der Waals surface area (Å²) in [4.78, 5) is 25.3. The van der Waals surface area contributed by atoms with Gasteiger partial charge in [-0.2, -0.15) is 0 Å². The fourth-order valence-corrected chi connectivity index (χ4v) is 4.81. The van der Waals surface area contributed by atoms with Gasteiger partial charge in [0.1, 0.15) is 5.41 Å². The summed E-state index contributed by atoms with van der Waals surface area (Å²) in [6.45, 7) is 4.39. The Morgan fingerprint density at radius 1 is 1.24 bits per heavy atom. The highest BCUT2D eigenvalue weighted by molar-refractivity contribution is 5.86. The predicted molar refractivity (Wildman–Crippen MR) is 89.2 cm³/mol. The molecular weight excluding hydrogens is 324 g/mol. The third kappa shape index (κ3) is 2.72. The van der Waals surface area contributed by atoms with Gasteiger partial charge in [-0.1, -0.05) is 24.3 Å². The summed E-state index contributed by atoms with van der Waals surface area (Å²) >= 11 is 0. The van der Waals surface area contributed by atoms with Gasteiger partial charge in [0.25, 0.3) is 0 Å². The first-order valence-electron chi connectivity index (χ1n) is 8.98. The number of carbonyl (C=O) groups is 2. The molecule has 1 N–H and O–H groups in total. The van der Waals surface area contributed by atoms with E-state index in [1.807, 2.05) is 12.2 Å². The van der Waals surface area contributed by atoms with Gasteiger partial charge in [-0.05, 0) is 32.6 Å². The zero-order valence-corrected chi connectivity index (χ0v) is 14.8. The molecule has 6 heteroatoms. The van der Waals surface area contributed by atoms with Crippen LogP contribution in [0.5, 0.6) is 0 Å². The molecular formula is C19H26O6. The number of rotatable bonds is 5. The lowest BCUT2D eigenvalue weighted by Gasteiger charge is -2.52. The van der Waals surface area contributed by atoms with E-state index in [9.17, 15) is 14.7 Å². The number of ether oxygens (including phenoxy) is 3. The van der Waals surface area contributed by atoms with Crippen LogP contribution in [0.4, 0.5) is 0 Å². The van der Waals surface area contributed by atoms with E-state index in [2.05, 4.69) is 6.08 Å². The summed E-state index contributed by atoms with van der Waals surface area (Å²) in [5, 5.41) is 10.6. The molecule has 5 atom stereocenters. The van der Waals surface area contributed by atoms with Gasteiger partial charge in [0.05, 0.1) is 26.2 Å². The first kappa shape index (κ1) is 18.1. The van der Waals surface area contributed by atoms with Crippen molar-refractivity contribution in [1.82, 2.24) is 0 Å². The molecule has 0 aromatic carbocycles. The molecule has 1 saturated heterocycles. The van der Waals surface area contributed by atoms with Gasteiger partial charge < -0.3 is 19.3 Å². The number of aliphatic hydroxyl groups is 1. The molecule has 6 nitrogen and oxygen atoms in total. The van der Waals surface area contributed by atoms with Crippen LogP contribution in [0.15, 0.2) is 24.3 Å². The van der Waals surface area contributed by atoms with Crippen LogP contribution in [0, 0.1) is 22.7 Å². The molecule has 1 aliphatic heterocycles. The van der Waals surface area contributed by atoms with Crippen LogP contribution < -0.4 is 0 Å². The van der Waals surface area contributed by atoms with Gasteiger partial charge in [0.15, 0.2) is 6.29 Å². The van der Waals surface area contributed by atoms with Gasteiger partial charge in [0, 0.05) is 11.3 Å². The number of hydrogen-bond donors (Lipinski definition) is 1. The Labute approximate surface area is 147 Å². The maximum atomic E-state index is 13.0. The highest BCUT2D eigenvalue weighted by atomic mass is 16.6. The molecule has 0 amide bonds. The molecule has 1 fully saturated rings. The van der Waals surface area contributed by atoms with Crippen LogP contribution in [-0.4, -0.2) is 43.2 Å². The van der Waals surface area contributed by atoms with Crippen LogP contribution >= 0.6 is 0 Å². The Kier molecular flexibility index (Phi) is 5.02. The highest BCUT2D eigenvalue weighted by Gasteiger charge is 2.64. The van der Waals surface area contributed by atoms with Crippen molar-refractivity contribution in [2.45, 2.75) is 39.4 Å². The van der Waals surface area contributed by atoms with Crippen LogP contribution in [0.1, 0.15) is 33.1 Å². The normalized spacial score (nSPS) is 38.8. The molecule has 25 heavy (non-hydrogen) atoms. The Morgan fingerprint density at radius 3 is 2.72 bits per heavy atom. The first-order valence-corrected chi connectivity index (χ1v) is 8.98. The number of allylic oxidation sites excluding steroid dienone is 2. The van der Waals surface area contributed by atoms with Crippen molar-refractivity contribution in [3.8, 4) is 0 Å². The number of hydrogen-bond acceptors (Lipinski definition) is 6. The fourth-order valence-electron chi connectivity index (χ4n) is 4.81. The van der Waals surface area contributed by atoms with Crippen molar-refractivity contribution in [3.63, 3.8) is 0 Å². The summed E-state index contributed by atoms with van der Waals surface area (Å²) in [6.07, 6.45) is 7.90. The average Bonchev–Trinajstić information content (AvgIpc) is 2.91. The average molecular weight is 350 g/mol. The molecule has 1 heterocycles. The number of aliphatic hydroxyl groups excluding tert-OH is 1. The summed E-state index contributed by atoms with van der Waals surface area (Å²) in [5.74, 6) is -1.13. The van der Waals surface area contributed by atoms with Crippen molar-refractivity contribution in [3.05, 3.63) is 24.3 Å². The van der Waals surface area contributed by atoms with Gasteiger partial charge in [-0.3, -0.25) is 9.59 Å². The van der Waals surface area contributed by atoms with E-state index < -0.39 is 29.1 Å². The van der Waals surface area contributed by atoms with E-state index in [1.54, 1.807) is 19.9 Å². The van der Waals surface area contributed by atoms with Crippen molar-refractivity contribution < 1.29 is 28.9 Å². The Morgan fingerprint density at radius 2 is 2.00 bits per heavy atom. The highest BCUT2D eigenvalue weighted by Crippen LogP contribution is 2.61. The minimum atomic E-state index is -1.14. The largest absolute Gasteiger partial charge is 0.466 e. The van der Waals surface area contributed by atoms with Crippen molar-refractivity contribution in [1.29, 1.82) is 0 Å². The van der Waals surface area contributed by atoms with Crippen LogP contribution in [-0.2, 0) is 23.8 Å². The maximum Gasteiger partial charge on any atom is 0.316 e. The molecule has 3 rings (SSSR count). The maximum absolute atomic E-state index is 13.0. The molecule has 1 spiro atoms. The van der Waals surface area contributed by atoms with Crippen LogP contribution in [0.2, 0.25) is 0 Å². The second kappa shape index (κ2) is 6.92. The van der Waals surface area contributed by atoms with Gasteiger partial charge >= 0.3 is 11.9 Å². The molecule has 0 saturated carbocycles. The van der Waals surface area contributed by atoms with Gasteiger partial charge in [-0.15, -0.1) is 0 Å². The van der Waals surface area contributed by atoms with E-state index in [4.69, 9.17) is 14.2 Å². The zero-order chi connectivity index (χ0) is 18.1. The van der Waals surface area contributed by atoms with E-state index in [0.29, 0.717) is 19.4 Å². The molecule has 0 aromatic rings. The summed E-state index contributed by atoms with van der Waals surface area (Å²) in [6, 6.07) is 0. The third-order valence-electron chi connectivity index (χ3n) is 5.88. The van der Waals surface area contributed by atoms with E-state index in [0.717, 1.165) is 0 Å². The second-order valence-electron chi connectivity index (χ2n) is 6.97. The Hall–Kier alpha value is -1.66. The van der Waals surface area contributed by atoms with Crippen LogP contribution in [0.25, 0.3) is 0 Å². The minimum Gasteiger partial charge on any atom is -0.466 e. The molecule has 0 radical (unpaired) electrons. The lowest BCUT2D eigenvalue weighted by molar-refractivity contribution is -0.184. The summed E-state index contributed by atoms with van der Waals surface area (Å²) < 4.78 is 16.0. The topological polar surface area (TPSA) is 82.1 Å². The van der Waals surface area contributed by atoms with E-state index in [-0.39, 0.29) is 31.5 Å². The standard InChI is InChI=1S/C19H26O6/c1-3-23-15(20)11-18(16(21)24-4-2)9-6-10-19-13(12-25-17(19)22)7-5-8-14(18)19/h5-7,9,13-14,17,22H,3-4,8,10-12H2,1-2H3/t13-,14?,17?,18-,19-/m0/s1. The molecule has 138 valence electrons. The third-order valence-corrected chi connectivity index (χ3v) is 5.88. The predicted octanol–water partition coefficient (Wildman–Crippen LogP) is 1.98. The molecule has 2 aliphatic carbocycles. The molecule has 3 aliphatic rings. The monoisotopic (exact) mass is 350 g/mol. The van der Waals surface area contributed by atoms with Gasteiger partial charge in [-0.25, -0.2) is 0 Å². The second-order valence-corrected chi connectivity index (χ2v) is 6.97. The van der Waals surface area contributed by atoms with Crippen molar-refractivity contribution >= 4 is 11.9 Å². The minimum absolute atomic E-state index is 0.0159. The lowest BCUT2D eigenvalue weighted by atomic mass is 9.50. The number of carbonyl (C=O) groups excluding carboxylic acids is 2. The lowest BCUT2D eigenvalue weighted by Crippen LogP contribution is -2.56. The SMILES string of the molecule is CCOC(=O)C[C@@]1(C(=O)OCC)C=CC[C@]23C(O)OC[C@@H]2C=CCC31. The van der Waals surface area contributed by atoms with E-state index >= 15 is 0 Å². The fraction of sp³-hybridized carbons (Fsp3) is 0.684. The quantitative estimate of drug-likeness (QED) is 0.603. The smallest absolute Gasteiger partial charge is 0.316 e. The Balaban J connectivity index is 2.06. The zero-order valence-electron chi connectivity index (χ0n) is 14.8. The summed E-state index contributed by atoms with van der Waals surface area (Å²) in [7, 11) is 0. The summed E-state index contributed by atoms with van der Waals surface area (Å²) in [5.41, 5.74) is -1.75. The van der Waals surface area contributed by atoms with Crippen LogP contribution in [0.3, 0.4) is 0 Å². The molecule has 0 bridgehead atoms. The Bertz CT molecular complexity index is 597. The van der Waals surface area contributed by atoms with Gasteiger partial charge in [0.2, 0.25) is 0 Å². The number of esters is 2. The molecule has 2 unspecified atom stereocenters. The first-order chi connectivity index (χ1) is 12.0. The molecule has 0 aromatic heterocycles. The van der Waals surface area contributed by atoms with E-state index in [1.165, 1.54) is 0 Å². The van der Waals surface area contributed by atoms with Crippen molar-refractivity contribution in [2.75, 3.05) is 19.8 Å². The van der Waals surface area contributed by atoms with Crippen molar-refractivity contribution in [2.24, 2.45) is 22.7 Å².